The lowest BCUT2D eigenvalue weighted by Gasteiger charge is -2.08. The maximum absolute atomic E-state index is 8.88. The molecule has 1 aromatic carbocycles. The molecule has 66 valence electrons. The van der Waals surface area contributed by atoms with Gasteiger partial charge in [-0.2, -0.15) is 0 Å². The van der Waals surface area contributed by atoms with E-state index in [0.717, 1.165) is 0 Å². The van der Waals surface area contributed by atoms with Crippen LogP contribution in [0.1, 0.15) is 5.56 Å². The lowest BCUT2D eigenvalue weighted by molar-refractivity contribution is 0.274. The van der Waals surface area contributed by atoms with E-state index in [4.69, 9.17) is 33.0 Å². The molecule has 0 unspecified atom stereocenters. The van der Waals surface area contributed by atoms with Crippen molar-refractivity contribution in [3.63, 3.8) is 0 Å². The van der Waals surface area contributed by atoms with Crippen molar-refractivity contribution in [2.24, 2.45) is 0 Å². The molecule has 0 aliphatic carbocycles. The summed E-state index contributed by atoms with van der Waals surface area (Å²) in [5, 5.41) is 9.64. The van der Waals surface area contributed by atoms with Gasteiger partial charge in [0.15, 0.2) is 0 Å². The fourth-order valence-electron chi connectivity index (χ4n) is 0.917. The topological polar surface area (TPSA) is 29.5 Å². The Morgan fingerprint density at radius 2 is 2.08 bits per heavy atom. The van der Waals surface area contributed by atoms with Gasteiger partial charge in [-0.05, 0) is 6.07 Å². The molecule has 1 N–H and O–H groups in total. The Hall–Kier alpha value is -0.440. The first-order valence-corrected chi connectivity index (χ1v) is 4.08. The van der Waals surface area contributed by atoms with Gasteiger partial charge in [-0.1, -0.05) is 29.3 Å². The predicted octanol–water partition coefficient (Wildman–Crippen LogP) is 2.49. The average Bonchev–Trinajstić information content (AvgIpc) is 2.09. The van der Waals surface area contributed by atoms with Crippen molar-refractivity contribution in [3.8, 4) is 5.75 Å². The van der Waals surface area contributed by atoms with Gasteiger partial charge in [0.05, 0.1) is 18.7 Å². The SMILES string of the molecule is COc1c(CO)ccc(Cl)c1Cl. The van der Waals surface area contributed by atoms with Crippen LogP contribution in [0.4, 0.5) is 0 Å². The highest BCUT2D eigenvalue weighted by Gasteiger charge is 2.09. The molecular formula is C8H8Cl2O2. The van der Waals surface area contributed by atoms with E-state index < -0.39 is 0 Å². The summed E-state index contributed by atoms with van der Waals surface area (Å²) < 4.78 is 4.97. The molecule has 0 aromatic heterocycles. The Morgan fingerprint density at radius 3 is 2.58 bits per heavy atom. The van der Waals surface area contributed by atoms with Gasteiger partial charge in [0.2, 0.25) is 0 Å². The number of hydrogen-bond donors (Lipinski definition) is 1. The molecule has 0 saturated carbocycles. The third kappa shape index (κ3) is 1.66. The van der Waals surface area contributed by atoms with Crippen molar-refractivity contribution < 1.29 is 9.84 Å². The Kier molecular flexibility index (Phi) is 3.20. The van der Waals surface area contributed by atoms with E-state index in [-0.39, 0.29) is 6.61 Å². The Bertz CT molecular complexity index is 287. The van der Waals surface area contributed by atoms with Gasteiger partial charge in [-0.3, -0.25) is 0 Å². The van der Waals surface area contributed by atoms with E-state index in [2.05, 4.69) is 0 Å². The van der Waals surface area contributed by atoms with E-state index in [0.29, 0.717) is 21.4 Å². The zero-order chi connectivity index (χ0) is 9.14. The molecule has 0 aliphatic heterocycles. The van der Waals surface area contributed by atoms with Crippen molar-refractivity contribution in [1.82, 2.24) is 0 Å². The minimum Gasteiger partial charge on any atom is -0.495 e. The van der Waals surface area contributed by atoms with E-state index >= 15 is 0 Å². The standard InChI is InChI=1S/C8H8Cl2O2/c1-12-8-5(4-11)2-3-6(9)7(8)10/h2-3,11H,4H2,1H3. The maximum atomic E-state index is 8.88. The molecule has 0 amide bonds. The van der Waals surface area contributed by atoms with Crippen LogP contribution in [0.5, 0.6) is 5.75 Å². The number of benzene rings is 1. The molecule has 0 radical (unpaired) electrons. The van der Waals surface area contributed by atoms with Gasteiger partial charge < -0.3 is 9.84 Å². The van der Waals surface area contributed by atoms with Crippen molar-refractivity contribution in [2.75, 3.05) is 7.11 Å². The first kappa shape index (κ1) is 9.65. The molecular weight excluding hydrogens is 199 g/mol. The summed E-state index contributed by atoms with van der Waals surface area (Å²) in [5.41, 5.74) is 0.631. The summed E-state index contributed by atoms with van der Waals surface area (Å²) in [4.78, 5) is 0. The first-order chi connectivity index (χ1) is 5.70. The molecule has 1 rings (SSSR count). The number of aliphatic hydroxyl groups excluding tert-OH is 1. The molecule has 0 heterocycles. The van der Waals surface area contributed by atoms with Gasteiger partial charge in [0.25, 0.3) is 0 Å². The molecule has 2 nitrogen and oxygen atoms in total. The molecule has 0 fully saturated rings. The van der Waals surface area contributed by atoms with Crippen LogP contribution in [0.15, 0.2) is 12.1 Å². The van der Waals surface area contributed by atoms with Gasteiger partial charge in [-0.15, -0.1) is 0 Å². The zero-order valence-corrected chi connectivity index (χ0v) is 7.99. The third-order valence-corrected chi connectivity index (χ3v) is 2.29. The number of rotatable bonds is 2. The van der Waals surface area contributed by atoms with Crippen LogP contribution >= 0.6 is 23.2 Å². The molecule has 0 saturated heterocycles. The van der Waals surface area contributed by atoms with Crippen LogP contribution < -0.4 is 4.74 Å². The normalized spacial score (nSPS) is 10.0. The number of ether oxygens (including phenoxy) is 1. The second-order valence-electron chi connectivity index (χ2n) is 2.21. The van der Waals surface area contributed by atoms with Crippen molar-refractivity contribution in [1.29, 1.82) is 0 Å². The summed E-state index contributed by atoms with van der Waals surface area (Å²) in [5.74, 6) is 0.437. The third-order valence-electron chi connectivity index (χ3n) is 1.51. The minimum atomic E-state index is -0.111. The fourth-order valence-corrected chi connectivity index (χ4v) is 1.33. The van der Waals surface area contributed by atoms with Crippen molar-refractivity contribution in [3.05, 3.63) is 27.7 Å². The van der Waals surface area contributed by atoms with Gasteiger partial charge in [0, 0.05) is 5.56 Å². The molecule has 0 spiro atoms. The summed E-state index contributed by atoms with van der Waals surface area (Å²) >= 11 is 11.5. The van der Waals surface area contributed by atoms with Crippen LogP contribution in [0, 0.1) is 0 Å². The summed E-state index contributed by atoms with van der Waals surface area (Å²) in [6.45, 7) is -0.111. The minimum absolute atomic E-state index is 0.111. The predicted molar refractivity (Wildman–Crippen MR) is 48.9 cm³/mol. The Balaban J connectivity index is 3.25. The quantitative estimate of drug-likeness (QED) is 0.807. The monoisotopic (exact) mass is 206 g/mol. The molecule has 12 heavy (non-hydrogen) atoms. The molecule has 0 bridgehead atoms. The number of aliphatic hydroxyl groups is 1. The van der Waals surface area contributed by atoms with Gasteiger partial charge in [-0.25, -0.2) is 0 Å². The molecule has 0 atom stereocenters. The number of halogens is 2. The lowest BCUT2D eigenvalue weighted by Crippen LogP contribution is -1.92. The van der Waals surface area contributed by atoms with E-state index in [1.54, 1.807) is 12.1 Å². The largest absolute Gasteiger partial charge is 0.495 e. The average molecular weight is 207 g/mol. The number of hydrogen-bond acceptors (Lipinski definition) is 2. The van der Waals surface area contributed by atoms with E-state index in [1.165, 1.54) is 7.11 Å². The summed E-state index contributed by atoms with van der Waals surface area (Å²) in [6.07, 6.45) is 0. The van der Waals surface area contributed by atoms with Crippen LogP contribution in [0.25, 0.3) is 0 Å². The van der Waals surface area contributed by atoms with E-state index in [9.17, 15) is 0 Å². The Morgan fingerprint density at radius 1 is 1.42 bits per heavy atom. The summed E-state index contributed by atoms with van der Waals surface area (Å²) in [7, 11) is 1.48. The van der Waals surface area contributed by atoms with Crippen LogP contribution in [0.2, 0.25) is 10.0 Å². The van der Waals surface area contributed by atoms with Gasteiger partial charge in [0.1, 0.15) is 10.8 Å². The van der Waals surface area contributed by atoms with Crippen molar-refractivity contribution in [2.45, 2.75) is 6.61 Å². The lowest BCUT2D eigenvalue weighted by atomic mass is 10.2. The molecule has 0 aliphatic rings. The number of methoxy groups -OCH3 is 1. The summed E-state index contributed by atoms with van der Waals surface area (Å²) in [6, 6.07) is 3.30. The first-order valence-electron chi connectivity index (χ1n) is 3.32. The van der Waals surface area contributed by atoms with Crippen LogP contribution in [0.3, 0.4) is 0 Å². The second-order valence-corrected chi connectivity index (χ2v) is 3.00. The molecule has 1 aromatic rings. The van der Waals surface area contributed by atoms with Crippen LogP contribution in [-0.4, -0.2) is 12.2 Å². The molecule has 4 heteroatoms. The highest BCUT2D eigenvalue weighted by molar-refractivity contribution is 6.43. The van der Waals surface area contributed by atoms with Crippen molar-refractivity contribution >= 4 is 23.2 Å². The van der Waals surface area contributed by atoms with Crippen LogP contribution in [-0.2, 0) is 6.61 Å². The second kappa shape index (κ2) is 3.99. The zero-order valence-electron chi connectivity index (χ0n) is 6.47. The highest BCUT2D eigenvalue weighted by atomic mass is 35.5. The highest BCUT2D eigenvalue weighted by Crippen LogP contribution is 2.34. The maximum Gasteiger partial charge on any atom is 0.144 e. The van der Waals surface area contributed by atoms with Gasteiger partial charge >= 0.3 is 0 Å². The smallest absolute Gasteiger partial charge is 0.144 e. The van der Waals surface area contributed by atoms with E-state index in [1.807, 2.05) is 0 Å². The Labute approximate surface area is 80.7 Å². The fraction of sp³-hybridized carbons (Fsp3) is 0.250.